The van der Waals surface area contributed by atoms with E-state index in [1.807, 2.05) is 0 Å². The largest absolute Gasteiger partial charge is 0.383 e. The van der Waals surface area contributed by atoms with E-state index in [9.17, 15) is 14.4 Å². The van der Waals surface area contributed by atoms with Gasteiger partial charge in [-0.3, -0.25) is 19.8 Å². The Morgan fingerprint density at radius 1 is 1.20 bits per heavy atom. The van der Waals surface area contributed by atoms with E-state index in [4.69, 9.17) is 4.74 Å². The number of nitrogens with one attached hydrogen (secondary N) is 1. The van der Waals surface area contributed by atoms with Crippen LogP contribution in [0.2, 0.25) is 0 Å². The lowest BCUT2D eigenvalue weighted by Crippen LogP contribution is -2.66. The van der Waals surface area contributed by atoms with Crippen molar-refractivity contribution in [1.29, 1.82) is 0 Å². The van der Waals surface area contributed by atoms with Crippen molar-refractivity contribution in [1.82, 2.24) is 10.2 Å². The van der Waals surface area contributed by atoms with Gasteiger partial charge in [0.15, 0.2) is 0 Å². The summed E-state index contributed by atoms with van der Waals surface area (Å²) in [5.74, 6) is -0.770. The van der Waals surface area contributed by atoms with E-state index in [1.54, 1.807) is 6.92 Å². The molecule has 0 aromatic heterocycles. The Labute approximate surface area is 118 Å². The van der Waals surface area contributed by atoms with Crippen LogP contribution in [0.1, 0.15) is 45.4 Å². The number of urea groups is 1. The van der Waals surface area contributed by atoms with Crippen molar-refractivity contribution in [3.8, 4) is 0 Å². The number of amides is 4. The third kappa shape index (κ3) is 2.44. The fourth-order valence-electron chi connectivity index (χ4n) is 3.19. The summed E-state index contributed by atoms with van der Waals surface area (Å²) in [5, 5.41) is 2.36. The first kappa shape index (κ1) is 15.0. The third-order valence-electron chi connectivity index (χ3n) is 4.31. The maximum Gasteiger partial charge on any atom is 0.331 e. The van der Waals surface area contributed by atoms with Crippen LogP contribution in [0, 0.1) is 5.41 Å². The molecule has 0 aromatic carbocycles. The number of carbonyl (C=O) groups is 3. The Kier molecular flexibility index (Phi) is 4.42. The van der Waals surface area contributed by atoms with Gasteiger partial charge in [0.1, 0.15) is 5.41 Å². The van der Waals surface area contributed by atoms with Crippen molar-refractivity contribution < 1.29 is 19.1 Å². The van der Waals surface area contributed by atoms with E-state index in [-0.39, 0.29) is 18.6 Å². The molecule has 1 N–H and O–H groups in total. The Balaban J connectivity index is 2.30. The molecule has 1 aliphatic heterocycles. The van der Waals surface area contributed by atoms with Gasteiger partial charge in [-0.25, -0.2) is 4.79 Å². The number of hydrogen-bond donors (Lipinski definition) is 1. The molecule has 1 saturated heterocycles. The lowest BCUT2D eigenvalue weighted by atomic mass is 9.76. The van der Waals surface area contributed by atoms with Crippen LogP contribution >= 0.6 is 0 Å². The summed E-state index contributed by atoms with van der Waals surface area (Å²) in [4.78, 5) is 38.2. The summed E-state index contributed by atoms with van der Waals surface area (Å²) >= 11 is 0. The van der Waals surface area contributed by atoms with Crippen LogP contribution < -0.4 is 5.32 Å². The number of carbonyl (C=O) groups excluding carboxylic acids is 3. The van der Waals surface area contributed by atoms with Crippen molar-refractivity contribution in [3.05, 3.63) is 0 Å². The standard InChI is InChI=1S/C14H22N2O4/c1-10(9-20-2)16-12(18)14(11(17)15-13(16)19)7-5-3-4-6-8-14/h10H,3-9H2,1-2H3,(H,15,17,19). The predicted octanol–water partition coefficient (Wildman–Crippen LogP) is 1.44. The fraction of sp³-hybridized carbons (Fsp3) is 0.786. The summed E-state index contributed by atoms with van der Waals surface area (Å²) in [6, 6.07) is -1.000. The van der Waals surface area contributed by atoms with Crippen molar-refractivity contribution in [3.63, 3.8) is 0 Å². The van der Waals surface area contributed by atoms with Crippen LogP contribution in [0.25, 0.3) is 0 Å². The molecule has 1 atom stereocenters. The molecular weight excluding hydrogens is 260 g/mol. The molecule has 2 fully saturated rings. The van der Waals surface area contributed by atoms with Gasteiger partial charge < -0.3 is 4.74 Å². The number of rotatable bonds is 3. The Hall–Kier alpha value is -1.43. The molecule has 2 rings (SSSR count). The van der Waals surface area contributed by atoms with Gasteiger partial charge in [0, 0.05) is 7.11 Å². The van der Waals surface area contributed by atoms with Crippen LogP contribution in [0.15, 0.2) is 0 Å². The lowest BCUT2D eigenvalue weighted by molar-refractivity contribution is -0.154. The molecule has 1 heterocycles. The van der Waals surface area contributed by atoms with Crippen LogP contribution in [0.5, 0.6) is 0 Å². The first-order chi connectivity index (χ1) is 9.53. The molecule has 1 aliphatic carbocycles. The van der Waals surface area contributed by atoms with E-state index in [0.29, 0.717) is 12.8 Å². The molecule has 20 heavy (non-hydrogen) atoms. The third-order valence-corrected chi connectivity index (χ3v) is 4.31. The van der Waals surface area contributed by atoms with E-state index in [1.165, 1.54) is 7.11 Å². The summed E-state index contributed by atoms with van der Waals surface area (Å²) in [6.07, 6.45) is 4.82. The number of nitrogens with zero attached hydrogens (tertiary/aromatic N) is 1. The summed E-state index contributed by atoms with van der Waals surface area (Å²) in [6.45, 7) is 2.02. The van der Waals surface area contributed by atoms with Gasteiger partial charge in [0.25, 0.3) is 0 Å². The highest BCUT2D eigenvalue weighted by Gasteiger charge is 2.54. The number of ether oxygens (including phenoxy) is 1. The van der Waals surface area contributed by atoms with E-state index < -0.39 is 17.4 Å². The maximum absolute atomic E-state index is 12.8. The molecule has 1 spiro atoms. The number of barbiturate groups is 1. The molecule has 1 saturated carbocycles. The Bertz CT molecular complexity index is 413. The molecule has 6 nitrogen and oxygen atoms in total. The van der Waals surface area contributed by atoms with Crippen LogP contribution in [0.3, 0.4) is 0 Å². The van der Waals surface area contributed by atoms with Crippen molar-refractivity contribution in [2.75, 3.05) is 13.7 Å². The molecule has 0 bridgehead atoms. The van der Waals surface area contributed by atoms with Gasteiger partial charge in [-0.2, -0.15) is 0 Å². The van der Waals surface area contributed by atoms with Gasteiger partial charge in [0.2, 0.25) is 11.8 Å². The summed E-state index contributed by atoms with van der Waals surface area (Å²) < 4.78 is 5.02. The van der Waals surface area contributed by atoms with Crippen LogP contribution in [-0.4, -0.2) is 42.5 Å². The van der Waals surface area contributed by atoms with E-state index in [2.05, 4.69) is 5.32 Å². The number of hydrogen-bond acceptors (Lipinski definition) is 4. The zero-order valence-corrected chi connectivity index (χ0v) is 12.1. The van der Waals surface area contributed by atoms with E-state index in [0.717, 1.165) is 30.6 Å². The van der Waals surface area contributed by atoms with Gasteiger partial charge in [-0.15, -0.1) is 0 Å². The first-order valence-electron chi connectivity index (χ1n) is 7.21. The Morgan fingerprint density at radius 2 is 1.80 bits per heavy atom. The second kappa shape index (κ2) is 5.91. The molecule has 4 amide bonds. The predicted molar refractivity (Wildman–Crippen MR) is 71.9 cm³/mol. The van der Waals surface area contributed by atoms with Gasteiger partial charge in [0.05, 0.1) is 12.6 Å². The molecule has 0 aromatic rings. The highest BCUT2D eigenvalue weighted by Crippen LogP contribution is 2.39. The highest BCUT2D eigenvalue weighted by molar-refractivity contribution is 6.19. The average Bonchev–Trinajstić information content (AvgIpc) is 2.64. The minimum Gasteiger partial charge on any atom is -0.383 e. The smallest absolute Gasteiger partial charge is 0.331 e. The normalized spacial score (nSPS) is 24.5. The minimum atomic E-state index is -1.05. The van der Waals surface area contributed by atoms with Crippen molar-refractivity contribution in [2.24, 2.45) is 5.41 Å². The number of methoxy groups -OCH3 is 1. The quantitative estimate of drug-likeness (QED) is 0.795. The van der Waals surface area contributed by atoms with E-state index >= 15 is 0 Å². The summed E-state index contributed by atoms with van der Waals surface area (Å²) in [7, 11) is 1.52. The zero-order chi connectivity index (χ0) is 14.8. The fourth-order valence-corrected chi connectivity index (χ4v) is 3.19. The molecule has 6 heteroatoms. The molecular formula is C14H22N2O4. The van der Waals surface area contributed by atoms with Crippen LogP contribution in [-0.2, 0) is 14.3 Å². The van der Waals surface area contributed by atoms with Gasteiger partial charge >= 0.3 is 6.03 Å². The number of imide groups is 2. The highest BCUT2D eigenvalue weighted by atomic mass is 16.5. The molecule has 0 radical (unpaired) electrons. The van der Waals surface area contributed by atoms with Crippen molar-refractivity contribution in [2.45, 2.75) is 51.5 Å². The lowest BCUT2D eigenvalue weighted by Gasteiger charge is -2.41. The van der Waals surface area contributed by atoms with Gasteiger partial charge in [-0.1, -0.05) is 25.7 Å². The second-order valence-corrected chi connectivity index (χ2v) is 5.74. The molecule has 2 aliphatic rings. The zero-order valence-electron chi connectivity index (χ0n) is 12.1. The first-order valence-corrected chi connectivity index (χ1v) is 7.21. The second-order valence-electron chi connectivity index (χ2n) is 5.74. The summed E-state index contributed by atoms with van der Waals surface area (Å²) in [5.41, 5.74) is -1.05. The molecule has 1 unspecified atom stereocenters. The van der Waals surface area contributed by atoms with Crippen molar-refractivity contribution >= 4 is 17.8 Å². The topological polar surface area (TPSA) is 75.7 Å². The average molecular weight is 282 g/mol. The molecule has 112 valence electrons. The van der Waals surface area contributed by atoms with Gasteiger partial charge in [-0.05, 0) is 19.8 Å². The van der Waals surface area contributed by atoms with Crippen LogP contribution in [0.4, 0.5) is 4.79 Å². The Morgan fingerprint density at radius 3 is 2.35 bits per heavy atom. The monoisotopic (exact) mass is 282 g/mol. The minimum absolute atomic E-state index is 0.267. The maximum atomic E-state index is 12.8. The SMILES string of the molecule is COCC(C)N1C(=O)NC(=O)C2(CCCCCC2)C1=O.